The van der Waals surface area contributed by atoms with Gasteiger partial charge in [-0.2, -0.15) is 10.4 Å². The number of anilines is 1. The van der Waals surface area contributed by atoms with Gasteiger partial charge in [-0.3, -0.25) is 0 Å². The van der Waals surface area contributed by atoms with Crippen molar-refractivity contribution in [3.8, 4) is 0 Å². The van der Waals surface area contributed by atoms with Crippen LogP contribution in [-0.2, 0) is 0 Å². The van der Waals surface area contributed by atoms with Crippen LogP contribution in [-0.4, -0.2) is 6.03 Å². The predicted molar refractivity (Wildman–Crippen MR) is 67.7 cm³/mol. The van der Waals surface area contributed by atoms with Gasteiger partial charge in [0.1, 0.15) is 0 Å². The second-order valence-electron chi connectivity index (χ2n) is 3.95. The van der Waals surface area contributed by atoms with Crippen molar-refractivity contribution < 1.29 is 9.91 Å². The molecule has 18 heavy (non-hydrogen) atoms. The van der Waals surface area contributed by atoms with E-state index in [0.717, 1.165) is 11.4 Å². The number of nitrogens with zero attached hydrogens (tertiary/aromatic N) is 1. The zero-order chi connectivity index (χ0) is 12.4. The molecule has 0 radical (unpaired) electrons. The first-order valence-corrected chi connectivity index (χ1v) is 5.70. The van der Waals surface area contributed by atoms with E-state index in [1.807, 2.05) is 60.7 Å². The van der Waals surface area contributed by atoms with Crippen LogP contribution < -0.4 is 21.1 Å². The molecule has 3 rings (SSSR count). The molecule has 0 saturated carbocycles. The van der Waals surface area contributed by atoms with Crippen LogP contribution in [0.1, 0.15) is 0 Å². The Morgan fingerprint density at radius 1 is 0.889 bits per heavy atom. The van der Waals surface area contributed by atoms with E-state index in [-0.39, 0.29) is 6.03 Å². The lowest BCUT2D eigenvalue weighted by Crippen LogP contribution is -3.18. The van der Waals surface area contributed by atoms with Crippen LogP contribution in [0.25, 0.3) is 0 Å². The number of carbonyl (C=O) groups is 1. The van der Waals surface area contributed by atoms with Crippen molar-refractivity contribution in [1.82, 2.24) is 11.0 Å². The Morgan fingerprint density at radius 3 is 2.17 bits per heavy atom. The van der Waals surface area contributed by atoms with Gasteiger partial charge < -0.3 is 0 Å². The Kier molecular flexibility index (Phi) is 2.68. The van der Waals surface area contributed by atoms with Crippen LogP contribution in [0.2, 0.25) is 0 Å². The molecule has 0 spiro atoms. The van der Waals surface area contributed by atoms with Gasteiger partial charge in [-0.1, -0.05) is 36.4 Å². The highest BCUT2D eigenvalue weighted by molar-refractivity contribution is 5.90. The van der Waals surface area contributed by atoms with Crippen molar-refractivity contribution >= 4 is 17.4 Å². The number of urea groups is 1. The second kappa shape index (κ2) is 4.48. The standard InChI is InChI=1S/C13H12N4O/c18-13-14-17(12-9-5-2-6-10-12)15-16(13)11-7-3-1-4-8-11/h1-10,15H,(H,14,18)/p+1. The minimum absolute atomic E-state index is 0.181. The van der Waals surface area contributed by atoms with Crippen LogP contribution in [0, 0.1) is 0 Å². The molecule has 1 aliphatic rings. The molecule has 1 unspecified atom stereocenters. The summed E-state index contributed by atoms with van der Waals surface area (Å²) in [5.74, 6) is 0. The van der Waals surface area contributed by atoms with E-state index in [9.17, 15) is 4.79 Å². The van der Waals surface area contributed by atoms with Crippen molar-refractivity contribution in [2.24, 2.45) is 0 Å². The minimum Gasteiger partial charge on any atom is -0.241 e. The third-order valence-corrected chi connectivity index (χ3v) is 2.74. The molecule has 2 aromatic carbocycles. The average Bonchev–Trinajstić information content (AvgIpc) is 2.83. The Labute approximate surface area is 105 Å². The molecular formula is C13H13N4O+. The summed E-state index contributed by atoms with van der Waals surface area (Å²) in [5.41, 5.74) is 7.63. The largest absolute Gasteiger partial charge is 0.386 e. The quantitative estimate of drug-likeness (QED) is 0.727. The van der Waals surface area contributed by atoms with Crippen LogP contribution in [0.15, 0.2) is 60.7 Å². The highest BCUT2D eigenvalue weighted by Crippen LogP contribution is 2.11. The first-order chi connectivity index (χ1) is 8.84. The highest BCUT2D eigenvalue weighted by Gasteiger charge is 2.32. The van der Waals surface area contributed by atoms with Crippen molar-refractivity contribution in [1.29, 1.82) is 0 Å². The zero-order valence-electron chi connectivity index (χ0n) is 9.63. The number of quaternary nitrogens is 1. The average molecular weight is 241 g/mol. The summed E-state index contributed by atoms with van der Waals surface area (Å²) >= 11 is 0. The van der Waals surface area contributed by atoms with E-state index in [4.69, 9.17) is 0 Å². The van der Waals surface area contributed by atoms with Gasteiger partial charge in [0.25, 0.3) is 0 Å². The number of carbonyl (C=O) groups excluding carboxylic acids is 1. The first-order valence-electron chi connectivity index (χ1n) is 5.70. The number of hydrogen-bond donors (Lipinski definition) is 3. The Morgan fingerprint density at radius 2 is 1.50 bits per heavy atom. The summed E-state index contributed by atoms with van der Waals surface area (Å²) in [5, 5.41) is 2.19. The fraction of sp³-hybridized carbons (Fsp3) is 0. The SMILES string of the molecule is O=C1N[NH+](c2ccccc2)NN1c1ccccc1. The molecular weight excluding hydrogens is 228 g/mol. The van der Waals surface area contributed by atoms with Crippen molar-refractivity contribution in [3.63, 3.8) is 0 Å². The summed E-state index contributed by atoms with van der Waals surface area (Å²) in [6.07, 6.45) is 0. The van der Waals surface area contributed by atoms with Gasteiger partial charge in [0.05, 0.1) is 5.69 Å². The maximum absolute atomic E-state index is 11.9. The van der Waals surface area contributed by atoms with Gasteiger partial charge >= 0.3 is 6.03 Å². The number of hydrazine groups is 1. The second-order valence-corrected chi connectivity index (χ2v) is 3.95. The Bertz CT molecular complexity index is 543. The highest BCUT2D eigenvalue weighted by atomic mass is 16.2. The number of rotatable bonds is 2. The fourth-order valence-electron chi connectivity index (χ4n) is 1.85. The Balaban J connectivity index is 1.83. The molecule has 3 N–H and O–H groups in total. The van der Waals surface area contributed by atoms with E-state index in [2.05, 4.69) is 11.0 Å². The van der Waals surface area contributed by atoms with Crippen molar-refractivity contribution in [3.05, 3.63) is 60.7 Å². The molecule has 1 fully saturated rings. The molecule has 2 aromatic rings. The first kappa shape index (κ1) is 10.8. The van der Waals surface area contributed by atoms with E-state index < -0.39 is 0 Å². The summed E-state index contributed by atoms with van der Waals surface area (Å²) in [4.78, 5) is 11.9. The molecule has 2 amide bonds. The molecule has 1 heterocycles. The van der Waals surface area contributed by atoms with Gasteiger partial charge in [-0.05, 0) is 17.7 Å². The van der Waals surface area contributed by atoms with E-state index in [0.29, 0.717) is 5.12 Å². The fourth-order valence-corrected chi connectivity index (χ4v) is 1.85. The molecule has 0 bridgehead atoms. The van der Waals surface area contributed by atoms with Crippen molar-refractivity contribution in [2.75, 3.05) is 5.01 Å². The monoisotopic (exact) mass is 241 g/mol. The van der Waals surface area contributed by atoms with Crippen LogP contribution in [0.4, 0.5) is 16.2 Å². The lowest BCUT2D eigenvalue weighted by Gasteiger charge is -2.12. The maximum atomic E-state index is 11.9. The molecule has 1 aliphatic heterocycles. The number of hydrogen-bond acceptors (Lipinski definition) is 2. The molecule has 0 aromatic heterocycles. The summed E-state index contributed by atoms with van der Waals surface area (Å²) in [6, 6.07) is 19.0. The molecule has 5 nitrogen and oxygen atoms in total. The normalized spacial score (nSPS) is 18.8. The predicted octanol–water partition coefficient (Wildman–Crippen LogP) is 0.767. The molecule has 0 aliphatic carbocycles. The van der Waals surface area contributed by atoms with Gasteiger partial charge in [-0.15, -0.1) is 5.12 Å². The van der Waals surface area contributed by atoms with Gasteiger partial charge in [0.15, 0.2) is 5.69 Å². The minimum atomic E-state index is -0.181. The number of benzene rings is 2. The van der Waals surface area contributed by atoms with Crippen LogP contribution in [0.5, 0.6) is 0 Å². The van der Waals surface area contributed by atoms with Gasteiger partial charge in [0, 0.05) is 12.1 Å². The van der Waals surface area contributed by atoms with E-state index in [1.54, 1.807) is 0 Å². The van der Waals surface area contributed by atoms with Crippen LogP contribution in [0.3, 0.4) is 0 Å². The number of amides is 2. The number of para-hydroxylation sites is 2. The van der Waals surface area contributed by atoms with E-state index >= 15 is 0 Å². The third kappa shape index (κ3) is 1.92. The maximum Gasteiger partial charge on any atom is 0.386 e. The van der Waals surface area contributed by atoms with Crippen molar-refractivity contribution in [2.45, 2.75) is 0 Å². The lowest BCUT2D eigenvalue weighted by molar-refractivity contribution is -0.907. The smallest absolute Gasteiger partial charge is 0.241 e. The van der Waals surface area contributed by atoms with Gasteiger partial charge in [-0.25, -0.2) is 4.79 Å². The molecule has 5 heteroatoms. The topological polar surface area (TPSA) is 48.8 Å². The summed E-state index contributed by atoms with van der Waals surface area (Å²) < 4.78 is 0. The Hall–Kier alpha value is -2.37. The van der Waals surface area contributed by atoms with Crippen LogP contribution >= 0.6 is 0 Å². The van der Waals surface area contributed by atoms with E-state index in [1.165, 1.54) is 5.01 Å². The molecule has 90 valence electrons. The molecule has 1 saturated heterocycles. The zero-order valence-corrected chi connectivity index (χ0v) is 9.63. The summed E-state index contributed by atoms with van der Waals surface area (Å²) in [6.45, 7) is 0. The third-order valence-electron chi connectivity index (χ3n) is 2.74. The van der Waals surface area contributed by atoms with Gasteiger partial charge in [0.2, 0.25) is 0 Å². The lowest BCUT2D eigenvalue weighted by atomic mass is 10.3. The summed E-state index contributed by atoms with van der Waals surface area (Å²) in [7, 11) is 0. The molecule has 1 atom stereocenters. The number of nitrogens with one attached hydrogen (secondary N) is 3.